The fourth-order valence-corrected chi connectivity index (χ4v) is 3.07. The van der Waals surface area contributed by atoms with Gasteiger partial charge in [-0.15, -0.1) is 0 Å². The molecule has 1 unspecified atom stereocenters. The van der Waals surface area contributed by atoms with Gasteiger partial charge in [0.15, 0.2) is 0 Å². The highest BCUT2D eigenvalue weighted by Gasteiger charge is 2.44. The summed E-state index contributed by atoms with van der Waals surface area (Å²) in [4.78, 5) is 16.0. The first-order valence-electron chi connectivity index (χ1n) is 5.61. The Hall–Kier alpha value is -0.570. The van der Waals surface area contributed by atoms with Crippen LogP contribution in [0.5, 0.6) is 0 Å². The van der Waals surface area contributed by atoms with Crippen molar-refractivity contribution in [2.45, 2.75) is 38.1 Å². The van der Waals surface area contributed by atoms with E-state index in [1.807, 2.05) is 0 Å². The molecule has 0 aromatic carbocycles. The average molecular weight is 196 g/mol. The minimum Gasteiger partial charge on any atom is -0.336 e. The lowest BCUT2D eigenvalue weighted by molar-refractivity contribution is -0.137. The molecule has 0 aromatic heterocycles. The van der Waals surface area contributed by atoms with Crippen LogP contribution in [0.15, 0.2) is 0 Å². The summed E-state index contributed by atoms with van der Waals surface area (Å²) < 4.78 is 0. The quantitative estimate of drug-likeness (QED) is 0.579. The molecule has 0 N–H and O–H groups in total. The maximum Gasteiger partial charge on any atom is 0.219 e. The Kier molecular flexibility index (Phi) is 2.52. The van der Waals surface area contributed by atoms with E-state index in [2.05, 4.69) is 16.8 Å². The Morgan fingerprint density at radius 1 is 1.21 bits per heavy atom. The Morgan fingerprint density at radius 2 is 2.00 bits per heavy atom. The fraction of sp³-hybridized carbons (Fsp3) is 0.909. The second kappa shape index (κ2) is 3.54. The molecule has 2 saturated heterocycles. The van der Waals surface area contributed by atoms with E-state index in [1.165, 1.54) is 25.7 Å². The standard InChI is InChI=1S/C11H20N2O/c1-10(14)13-7-4-3-5-11(13)6-8-12(2)9-11/h3-9H2,1-2H3. The van der Waals surface area contributed by atoms with Gasteiger partial charge in [-0.2, -0.15) is 0 Å². The average Bonchev–Trinajstić information content (AvgIpc) is 2.48. The van der Waals surface area contributed by atoms with Gasteiger partial charge in [0.1, 0.15) is 0 Å². The monoisotopic (exact) mass is 196 g/mol. The van der Waals surface area contributed by atoms with E-state index in [-0.39, 0.29) is 11.4 Å². The molecular weight excluding hydrogens is 176 g/mol. The van der Waals surface area contributed by atoms with Crippen molar-refractivity contribution >= 4 is 5.91 Å². The van der Waals surface area contributed by atoms with Crippen LogP contribution >= 0.6 is 0 Å². The van der Waals surface area contributed by atoms with Gasteiger partial charge in [0.05, 0.1) is 5.54 Å². The Labute approximate surface area is 86.1 Å². The minimum atomic E-state index is 0.193. The highest BCUT2D eigenvalue weighted by atomic mass is 16.2. The lowest BCUT2D eigenvalue weighted by atomic mass is 9.85. The topological polar surface area (TPSA) is 23.6 Å². The molecule has 0 aliphatic carbocycles. The predicted molar refractivity (Wildman–Crippen MR) is 56.1 cm³/mol. The second-order valence-electron chi connectivity index (χ2n) is 4.84. The number of amides is 1. The third kappa shape index (κ3) is 1.54. The first-order valence-corrected chi connectivity index (χ1v) is 5.61. The van der Waals surface area contributed by atoms with E-state index in [4.69, 9.17) is 0 Å². The van der Waals surface area contributed by atoms with Crippen molar-refractivity contribution in [3.05, 3.63) is 0 Å². The molecule has 0 aromatic rings. The van der Waals surface area contributed by atoms with E-state index in [1.54, 1.807) is 6.92 Å². The van der Waals surface area contributed by atoms with Crippen LogP contribution in [0.2, 0.25) is 0 Å². The number of piperidine rings is 1. The largest absolute Gasteiger partial charge is 0.336 e. The Balaban J connectivity index is 2.17. The number of rotatable bonds is 0. The molecule has 0 saturated carbocycles. The van der Waals surface area contributed by atoms with Crippen LogP contribution in [-0.2, 0) is 4.79 Å². The zero-order valence-electron chi connectivity index (χ0n) is 9.25. The number of likely N-dealkylation sites (tertiary alicyclic amines) is 2. The van der Waals surface area contributed by atoms with Gasteiger partial charge in [-0.3, -0.25) is 4.79 Å². The molecule has 2 rings (SSSR count). The van der Waals surface area contributed by atoms with E-state index < -0.39 is 0 Å². The lowest BCUT2D eigenvalue weighted by Crippen LogP contribution is -2.55. The number of likely N-dealkylation sites (N-methyl/N-ethyl adjacent to an activating group) is 1. The third-order valence-electron chi connectivity index (χ3n) is 3.75. The van der Waals surface area contributed by atoms with Crippen LogP contribution in [0.1, 0.15) is 32.6 Å². The zero-order valence-corrected chi connectivity index (χ0v) is 9.25. The molecule has 0 bridgehead atoms. The summed E-state index contributed by atoms with van der Waals surface area (Å²) in [7, 11) is 2.15. The summed E-state index contributed by atoms with van der Waals surface area (Å²) in [6, 6.07) is 0. The molecule has 0 radical (unpaired) electrons. The van der Waals surface area contributed by atoms with E-state index in [0.717, 1.165) is 19.6 Å². The van der Waals surface area contributed by atoms with Gasteiger partial charge in [-0.25, -0.2) is 0 Å². The second-order valence-corrected chi connectivity index (χ2v) is 4.84. The fourth-order valence-electron chi connectivity index (χ4n) is 3.07. The van der Waals surface area contributed by atoms with Crippen molar-refractivity contribution in [1.29, 1.82) is 0 Å². The Morgan fingerprint density at radius 3 is 2.57 bits per heavy atom. The van der Waals surface area contributed by atoms with Crippen LogP contribution in [0, 0.1) is 0 Å². The molecule has 3 heteroatoms. The van der Waals surface area contributed by atoms with Gasteiger partial charge in [-0.05, 0) is 32.7 Å². The summed E-state index contributed by atoms with van der Waals surface area (Å²) in [5.41, 5.74) is 0.193. The maximum atomic E-state index is 11.6. The van der Waals surface area contributed by atoms with Crippen molar-refractivity contribution in [2.24, 2.45) is 0 Å². The normalized spacial score (nSPS) is 34.0. The first-order chi connectivity index (χ1) is 6.64. The summed E-state index contributed by atoms with van der Waals surface area (Å²) >= 11 is 0. The highest BCUT2D eigenvalue weighted by Crippen LogP contribution is 2.35. The van der Waals surface area contributed by atoms with Crippen LogP contribution < -0.4 is 0 Å². The van der Waals surface area contributed by atoms with Crippen molar-refractivity contribution in [3.63, 3.8) is 0 Å². The van der Waals surface area contributed by atoms with Crippen molar-refractivity contribution in [1.82, 2.24) is 9.80 Å². The summed E-state index contributed by atoms with van der Waals surface area (Å²) in [5.74, 6) is 0.264. The molecule has 2 fully saturated rings. The lowest BCUT2D eigenvalue weighted by Gasteiger charge is -2.44. The number of carbonyl (C=O) groups excluding carboxylic acids is 1. The van der Waals surface area contributed by atoms with Gasteiger partial charge in [0, 0.05) is 26.6 Å². The molecule has 2 aliphatic rings. The number of hydrogen-bond acceptors (Lipinski definition) is 2. The predicted octanol–water partition coefficient (Wildman–Crippen LogP) is 1.09. The van der Waals surface area contributed by atoms with Gasteiger partial charge in [-0.1, -0.05) is 0 Å². The van der Waals surface area contributed by atoms with Crippen LogP contribution in [0.25, 0.3) is 0 Å². The van der Waals surface area contributed by atoms with Gasteiger partial charge in [0.25, 0.3) is 0 Å². The molecule has 2 aliphatic heterocycles. The smallest absolute Gasteiger partial charge is 0.219 e. The summed E-state index contributed by atoms with van der Waals surface area (Å²) in [6.45, 7) is 4.91. The maximum absolute atomic E-state index is 11.6. The van der Waals surface area contributed by atoms with Crippen molar-refractivity contribution < 1.29 is 4.79 Å². The molecule has 1 spiro atoms. The van der Waals surface area contributed by atoms with E-state index >= 15 is 0 Å². The number of nitrogens with zero attached hydrogens (tertiary/aromatic N) is 2. The molecule has 80 valence electrons. The third-order valence-corrected chi connectivity index (χ3v) is 3.75. The Bertz CT molecular complexity index is 237. The zero-order chi connectivity index (χ0) is 10.2. The molecule has 2 heterocycles. The van der Waals surface area contributed by atoms with Gasteiger partial charge >= 0.3 is 0 Å². The molecular formula is C11H20N2O. The van der Waals surface area contributed by atoms with Crippen LogP contribution in [0.3, 0.4) is 0 Å². The van der Waals surface area contributed by atoms with Crippen molar-refractivity contribution in [2.75, 3.05) is 26.7 Å². The van der Waals surface area contributed by atoms with Gasteiger partial charge in [0.2, 0.25) is 5.91 Å². The SMILES string of the molecule is CC(=O)N1CCCCC12CCN(C)C2. The van der Waals surface area contributed by atoms with Gasteiger partial charge < -0.3 is 9.80 Å². The minimum absolute atomic E-state index is 0.193. The molecule has 1 atom stereocenters. The van der Waals surface area contributed by atoms with Crippen LogP contribution in [-0.4, -0.2) is 47.9 Å². The summed E-state index contributed by atoms with van der Waals surface area (Å²) in [5, 5.41) is 0. The molecule has 3 nitrogen and oxygen atoms in total. The van der Waals surface area contributed by atoms with Crippen LogP contribution in [0.4, 0.5) is 0 Å². The van der Waals surface area contributed by atoms with E-state index in [9.17, 15) is 4.79 Å². The van der Waals surface area contributed by atoms with Crippen molar-refractivity contribution in [3.8, 4) is 0 Å². The van der Waals surface area contributed by atoms with E-state index in [0.29, 0.717) is 0 Å². The highest BCUT2D eigenvalue weighted by molar-refractivity contribution is 5.74. The molecule has 1 amide bonds. The number of hydrogen-bond donors (Lipinski definition) is 0. The summed E-state index contributed by atoms with van der Waals surface area (Å²) in [6.07, 6.45) is 4.85. The molecule has 14 heavy (non-hydrogen) atoms. The number of carbonyl (C=O) groups is 1. The first kappa shape index (κ1) is 9.97.